The summed E-state index contributed by atoms with van der Waals surface area (Å²) in [6, 6.07) is 7.64. The van der Waals surface area contributed by atoms with Crippen LogP contribution in [0.2, 0.25) is 0 Å². The number of allylic oxidation sites excluding steroid dienone is 1. The molecule has 0 amide bonds. The fourth-order valence-electron chi connectivity index (χ4n) is 1.03. The molecule has 0 heterocycles. The van der Waals surface area contributed by atoms with E-state index in [0.29, 0.717) is 5.56 Å². The number of rotatable bonds is 2. The standard InChI is InChI=1S/C11H9BrN/c1-3-8(2)10-4-9(7-13)5-11(12)6-10/h3-6,8H,1-2H2. The average Bonchev–Trinajstić information content (AvgIpc) is 2.15. The number of nitrogens with zero attached hydrogens (tertiary/aromatic N) is 1. The van der Waals surface area contributed by atoms with Gasteiger partial charge >= 0.3 is 0 Å². The van der Waals surface area contributed by atoms with E-state index in [0.717, 1.165) is 10.0 Å². The molecule has 13 heavy (non-hydrogen) atoms. The van der Waals surface area contributed by atoms with Crippen LogP contribution in [0.3, 0.4) is 0 Å². The number of hydrogen-bond acceptors (Lipinski definition) is 1. The highest BCUT2D eigenvalue weighted by Crippen LogP contribution is 2.22. The fraction of sp³-hybridized carbons (Fsp3) is 0.0909. The Balaban J connectivity index is 3.17. The van der Waals surface area contributed by atoms with E-state index >= 15 is 0 Å². The van der Waals surface area contributed by atoms with Crippen molar-refractivity contribution in [1.29, 1.82) is 5.26 Å². The number of halogens is 1. The molecule has 1 radical (unpaired) electrons. The van der Waals surface area contributed by atoms with Crippen molar-refractivity contribution in [1.82, 2.24) is 0 Å². The summed E-state index contributed by atoms with van der Waals surface area (Å²) in [6.07, 6.45) is 1.75. The molecule has 65 valence electrons. The zero-order valence-corrected chi connectivity index (χ0v) is 8.71. The van der Waals surface area contributed by atoms with E-state index in [9.17, 15) is 0 Å². The zero-order chi connectivity index (χ0) is 9.84. The lowest BCUT2D eigenvalue weighted by Gasteiger charge is -2.06. The van der Waals surface area contributed by atoms with Crippen LogP contribution in [0, 0.1) is 18.3 Å². The first kappa shape index (κ1) is 10.0. The van der Waals surface area contributed by atoms with Gasteiger partial charge in [-0.15, -0.1) is 6.58 Å². The third-order valence-electron chi connectivity index (χ3n) is 1.76. The van der Waals surface area contributed by atoms with Crippen LogP contribution in [-0.2, 0) is 0 Å². The summed E-state index contributed by atoms with van der Waals surface area (Å²) in [5, 5.41) is 8.72. The summed E-state index contributed by atoms with van der Waals surface area (Å²) in [5.41, 5.74) is 1.64. The van der Waals surface area contributed by atoms with Gasteiger partial charge in [0, 0.05) is 10.4 Å². The minimum absolute atomic E-state index is 0.0320. The minimum Gasteiger partial charge on any atom is -0.192 e. The van der Waals surface area contributed by atoms with Crippen LogP contribution >= 0.6 is 15.9 Å². The van der Waals surface area contributed by atoms with Gasteiger partial charge in [0.15, 0.2) is 0 Å². The van der Waals surface area contributed by atoms with Crippen LogP contribution in [-0.4, -0.2) is 0 Å². The Kier molecular flexibility index (Phi) is 3.27. The van der Waals surface area contributed by atoms with Crippen molar-refractivity contribution >= 4 is 15.9 Å². The van der Waals surface area contributed by atoms with Crippen molar-refractivity contribution < 1.29 is 0 Å². The van der Waals surface area contributed by atoms with Gasteiger partial charge in [-0.2, -0.15) is 5.26 Å². The largest absolute Gasteiger partial charge is 0.192 e. The van der Waals surface area contributed by atoms with Crippen molar-refractivity contribution in [2.45, 2.75) is 5.92 Å². The highest BCUT2D eigenvalue weighted by molar-refractivity contribution is 9.10. The van der Waals surface area contributed by atoms with E-state index in [1.807, 2.05) is 12.1 Å². The Morgan fingerprint density at radius 1 is 1.46 bits per heavy atom. The molecule has 2 heteroatoms. The SMILES string of the molecule is [CH2]C(C=C)c1cc(Br)cc(C#N)c1. The van der Waals surface area contributed by atoms with Gasteiger partial charge in [-0.05, 0) is 30.7 Å². The van der Waals surface area contributed by atoms with Gasteiger partial charge in [0.1, 0.15) is 0 Å². The van der Waals surface area contributed by atoms with Crippen molar-refractivity contribution in [3.63, 3.8) is 0 Å². The summed E-state index contributed by atoms with van der Waals surface area (Å²) in [7, 11) is 0. The molecular weight excluding hydrogens is 226 g/mol. The normalized spacial score (nSPS) is 11.8. The molecule has 0 aliphatic carbocycles. The lowest BCUT2D eigenvalue weighted by Crippen LogP contribution is -1.90. The quantitative estimate of drug-likeness (QED) is 0.720. The topological polar surface area (TPSA) is 23.8 Å². The molecule has 1 unspecified atom stereocenters. The van der Waals surface area contributed by atoms with Crippen LogP contribution in [0.25, 0.3) is 0 Å². The highest BCUT2D eigenvalue weighted by atomic mass is 79.9. The summed E-state index contributed by atoms with van der Waals surface area (Å²) >= 11 is 3.34. The Morgan fingerprint density at radius 2 is 2.15 bits per heavy atom. The molecular formula is C11H9BrN. The second kappa shape index (κ2) is 4.25. The molecule has 1 rings (SSSR count). The van der Waals surface area contributed by atoms with Crippen molar-refractivity contribution in [2.75, 3.05) is 0 Å². The van der Waals surface area contributed by atoms with Gasteiger partial charge in [-0.3, -0.25) is 0 Å². The molecule has 0 aliphatic rings. The van der Waals surface area contributed by atoms with Crippen LogP contribution in [0.15, 0.2) is 35.3 Å². The Bertz CT molecular complexity index is 363. The molecule has 1 aromatic carbocycles. The van der Waals surface area contributed by atoms with Crippen LogP contribution < -0.4 is 0 Å². The third-order valence-corrected chi connectivity index (χ3v) is 2.22. The van der Waals surface area contributed by atoms with E-state index in [4.69, 9.17) is 5.26 Å². The van der Waals surface area contributed by atoms with E-state index in [-0.39, 0.29) is 5.92 Å². The van der Waals surface area contributed by atoms with E-state index in [1.165, 1.54) is 0 Å². The molecule has 0 spiro atoms. The van der Waals surface area contributed by atoms with Crippen molar-refractivity contribution in [3.05, 3.63) is 53.4 Å². The maximum Gasteiger partial charge on any atom is 0.0992 e. The monoisotopic (exact) mass is 234 g/mol. The van der Waals surface area contributed by atoms with Gasteiger partial charge in [0.2, 0.25) is 0 Å². The lowest BCUT2D eigenvalue weighted by atomic mass is 10.00. The number of hydrogen-bond donors (Lipinski definition) is 0. The molecule has 1 nitrogen and oxygen atoms in total. The maximum atomic E-state index is 8.72. The molecule has 0 bridgehead atoms. The van der Waals surface area contributed by atoms with Gasteiger partial charge in [-0.25, -0.2) is 0 Å². The number of benzene rings is 1. The highest BCUT2D eigenvalue weighted by Gasteiger charge is 2.03. The smallest absolute Gasteiger partial charge is 0.0992 e. The van der Waals surface area contributed by atoms with E-state index < -0.39 is 0 Å². The van der Waals surface area contributed by atoms with Crippen molar-refractivity contribution in [2.24, 2.45) is 0 Å². The fourth-order valence-corrected chi connectivity index (χ4v) is 1.54. The molecule has 0 saturated carbocycles. The van der Waals surface area contributed by atoms with Crippen LogP contribution in [0.4, 0.5) is 0 Å². The summed E-state index contributed by atoms with van der Waals surface area (Å²) < 4.78 is 0.900. The average molecular weight is 235 g/mol. The molecule has 0 saturated heterocycles. The first-order valence-electron chi connectivity index (χ1n) is 3.83. The minimum atomic E-state index is 0.0320. The van der Waals surface area contributed by atoms with Crippen LogP contribution in [0.1, 0.15) is 17.0 Å². The molecule has 0 aliphatic heterocycles. The predicted molar refractivity (Wildman–Crippen MR) is 57.2 cm³/mol. The molecule has 0 N–H and O–H groups in total. The first-order chi connectivity index (χ1) is 6.17. The number of nitriles is 1. The lowest BCUT2D eigenvalue weighted by molar-refractivity contribution is 1.08. The van der Waals surface area contributed by atoms with Crippen LogP contribution in [0.5, 0.6) is 0 Å². The molecule has 0 fully saturated rings. The third kappa shape index (κ3) is 2.43. The van der Waals surface area contributed by atoms with Gasteiger partial charge < -0.3 is 0 Å². The summed E-state index contributed by atoms with van der Waals surface area (Å²) in [5.74, 6) is 0.0320. The second-order valence-corrected chi connectivity index (χ2v) is 3.64. The maximum absolute atomic E-state index is 8.72. The van der Waals surface area contributed by atoms with Crippen molar-refractivity contribution in [3.8, 4) is 6.07 Å². The molecule has 1 atom stereocenters. The summed E-state index contributed by atoms with van der Waals surface area (Å²) in [4.78, 5) is 0. The summed E-state index contributed by atoms with van der Waals surface area (Å²) in [6.45, 7) is 7.56. The Morgan fingerprint density at radius 3 is 2.69 bits per heavy atom. The first-order valence-corrected chi connectivity index (χ1v) is 4.63. The zero-order valence-electron chi connectivity index (χ0n) is 7.13. The van der Waals surface area contributed by atoms with E-state index in [2.05, 4.69) is 35.5 Å². The molecule has 1 aromatic rings. The Labute approximate surface area is 86.8 Å². The second-order valence-electron chi connectivity index (χ2n) is 2.73. The van der Waals surface area contributed by atoms with Gasteiger partial charge in [0.05, 0.1) is 11.6 Å². The Hall–Kier alpha value is -1.07. The predicted octanol–water partition coefficient (Wildman–Crippen LogP) is 3.42. The van der Waals surface area contributed by atoms with E-state index in [1.54, 1.807) is 12.1 Å². The van der Waals surface area contributed by atoms with Gasteiger partial charge in [0.25, 0.3) is 0 Å². The van der Waals surface area contributed by atoms with Gasteiger partial charge in [-0.1, -0.05) is 22.0 Å². The molecule has 0 aromatic heterocycles.